The molecule has 0 aromatic heterocycles. The molecule has 92 valence electrons. The van der Waals surface area contributed by atoms with Crippen molar-refractivity contribution in [3.8, 4) is 0 Å². The molecule has 2 atom stereocenters. The molecule has 2 fully saturated rings. The van der Waals surface area contributed by atoms with E-state index in [0.29, 0.717) is 18.4 Å². The quantitative estimate of drug-likeness (QED) is 0.761. The molecule has 0 radical (unpaired) electrons. The topological polar surface area (TPSA) is 41.6 Å². The van der Waals surface area contributed by atoms with Gasteiger partial charge in [0.05, 0.1) is 12.7 Å². The van der Waals surface area contributed by atoms with Crippen molar-refractivity contribution in [2.24, 2.45) is 11.8 Å². The predicted octanol–water partition coefficient (Wildman–Crippen LogP) is 0.479. The maximum Gasteiger partial charge on any atom is 0.225 e. The van der Waals surface area contributed by atoms with Crippen LogP contribution in [-0.2, 0) is 9.53 Å². The normalized spacial score (nSPS) is 28.6. The fourth-order valence-corrected chi connectivity index (χ4v) is 2.32. The van der Waals surface area contributed by atoms with E-state index < -0.39 is 0 Å². The van der Waals surface area contributed by atoms with Gasteiger partial charge in [-0.05, 0) is 25.4 Å². The molecule has 1 amide bonds. The molecule has 0 bridgehead atoms. The van der Waals surface area contributed by atoms with Crippen molar-refractivity contribution in [3.05, 3.63) is 0 Å². The minimum Gasteiger partial charge on any atom is -0.375 e. The molecule has 2 rings (SSSR count). The molecule has 0 aromatic rings. The van der Waals surface area contributed by atoms with Gasteiger partial charge in [0.2, 0.25) is 5.91 Å². The summed E-state index contributed by atoms with van der Waals surface area (Å²) in [6, 6.07) is 0. The monoisotopic (exact) mass is 226 g/mol. The van der Waals surface area contributed by atoms with Crippen molar-refractivity contribution >= 4 is 5.91 Å². The average Bonchev–Trinajstić information content (AvgIpc) is 2.25. The zero-order chi connectivity index (χ0) is 11.5. The van der Waals surface area contributed by atoms with Crippen LogP contribution in [0.25, 0.3) is 0 Å². The number of morpholine rings is 1. The van der Waals surface area contributed by atoms with Crippen LogP contribution >= 0.6 is 0 Å². The Hall–Kier alpha value is -0.610. The number of amides is 1. The van der Waals surface area contributed by atoms with Gasteiger partial charge < -0.3 is 15.0 Å². The summed E-state index contributed by atoms with van der Waals surface area (Å²) >= 11 is 0. The van der Waals surface area contributed by atoms with E-state index in [9.17, 15) is 4.79 Å². The van der Waals surface area contributed by atoms with Crippen molar-refractivity contribution in [2.75, 3.05) is 32.8 Å². The van der Waals surface area contributed by atoms with Gasteiger partial charge in [-0.25, -0.2) is 0 Å². The third-order valence-electron chi connectivity index (χ3n) is 3.82. The van der Waals surface area contributed by atoms with E-state index in [-0.39, 0.29) is 12.0 Å². The van der Waals surface area contributed by atoms with Crippen molar-refractivity contribution in [2.45, 2.75) is 26.4 Å². The highest BCUT2D eigenvalue weighted by molar-refractivity contribution is 5.79. The molecule has 0 aliphatic carbocycles. The first kappa shape index (κ1) is 11.9. The van der Waals surface area contributed by atoms with Crippen LogP contribution in [0, 0.1) is 11.8 Å². The first-order valence-corrected chi connectivity index (χ1v) is 6.33. The Bertz CT molecular complexity index is 253. The third-order valence-corrected chi connectivity index (χ3v) is 3.82. The smallest absolute Gasteiger partial charge is 0.225 e. The van der Waals surface area contributed by atoms with Gasteiger partial charge in [-0.1, -0.05) is 13.8 Å². The summed E-state index contributed by atoms with van der Waals surface area (Å²) in [7, 11) is 0. The molecule has 1 N–H and O–H groups in total. The van der Waals surface area contributed by atoms with Crippen LogP contribution in [0.2, 0.25) is 0 Å². The van der Waals surface area contributed by atoms with E-state index in [2.05, 4.69) is 19.2 Å². The Morgan fingerprint density at radius 2 is 2.31 bits per heavy atom. The SMILES string of the molecule is CCC1CN(C(=O)C(C)C2CNC2)CCO1. The maximum absolute atomic E-state index is 12.2. The molecule has 2 saturated heterocycles. The highest BCUT2D eigenvalue weighted by Gasteiger charge is 2.33. The Morgan fingerprint density at radius 3 is 2.88 bits per heavy atom. The van der Waals surface area contributed by atoms with Gasteiger partial charge >= 0.3 is 0 Å². The molecule has 0 spiro atoms. The highest BCUT2D eigenvalue weighted by atomic mass is 16.5. The molecule has 0 aromatic carbocycles. The second-order valence-corrected chi connectivity index (χ2v) is 4.89. The van der Waals surface area contributed by atoms with Crippen LogP contribution in [-0.4, -0.2) is 49.7 Å². The number of carbonyl (C=O) groups excluding carboxylic acids is 1. The van der Waals surface area contributed by atoms with Gasteiger partial charge in [0.1, 0.15) is 0 Å². The van der Waals surface area contributed by atoms with Gasteiger partial charge in [0.15, 0.2) is 0 Å². The molecule has 16 heavy (non-hydrogen) atoms. The van der Waals surface area contributed by atoms with E-state index in [0.717, 1.165) is 32.6 Å². The van der Waals surface area contributed by atoms with Gasteiger partial charge in [-0.2, -0.15) is 0 Å². The van der Waals surface area contributed by atoms with Crippen LogP contribution in [0.1, 0.15) is 20.3 Å². The van der Waals surface area contributed by atoms with Gasteiger partial charge in [0, 0.05) is 19.0 Å². The summed E-state index contributed by atoms with van der Waals surface area (Å²) in [4.78, 5) is 14.2. The summed E-state index contributed by atoms with van der Waals surface area (Å²) in [5, 5.41) is 3.22. The Labute approximate surface area is 97.3 Å². The number of carbonyl (C=O) groups is 1. The van der Waals surface area contributed by atoms with Gasteiger partial charge in [-0.3, -0.25) is 4.79 Å². The largest absolute Gasteiger partial charge is 0.375 e. The first-order chi connectivity index (χ1) is 7.72. The molecule has 2 unspecified atom stereocenters. The van der Waals surface area contributed by atoms with Crippen LogP contribution in [0.3, 0.4) is 0 Å². The van der Waals surface area contributed by atoms with Crippen molar-refractivity contribution in [1.82, 2.24) is 10.2 Å². The van der Waals surface area contributed by atoms with E-state index >= 15 is 0 Å². The lowest BCUT2D eigenvalue weighted by atomic mass is 9.88. The van der Waals surface area contributed by atoms with Crippen LogP contribution < -0.4 is 5.32 Å². The molecular formula is C12H22N2O2. The van der Waals surface area contributed by atoms with Crippen molar-refractivity contribution in [1.29, 1.82) is 0 Å². The fourth-order valence-electron chi connectivity index (χ4n) is 2.32. The fraction of sp³-hybridized carbons (Fsp3) is 0.917. The minimum atomic E-state index is 0.164. The molecule has 2 heterocycles. The summed E-state index contributed by atoms with van der Waals surface area (Å²) in [6.45, 7) is 8.39. The minimum absolute atomic E-state index is 0.164. The second kappa shape index (κ2) is 5.15. The third kappa shape index (κ3) is 2.38. The second-order valence-electron chi connectivity index (χ2n) is 4.89. The number of ether oxygens (including phenoxy) is 1. The predicted molar refractivity (Wildman–Crippen MR) is 62.1 cm³/mol. The first-order valence-electron chi connectivity index (χ1n) is 6.33. The molecule has 2 aliphatic heterocycles. The zero-order valence-electron chi connectivity index (χ0n) is 10.2. The Kier molecular flexibility index (Phi) is 3.82. The lowest BCUT2D eigenvalue weighted by Crippen LogP contribution is -2.53. The number of nitrogens with one attached hydrogen (secondary N) is 1. The average molecular weight is 226 g/mol. The molecule has 4 heteroatoms. The van der Waals surface area contributed by atoms with E-state index in [4.69, 9.17) is 4.74 Å². The van der Waals surface area contributed by atoms with E-state index in [1.807, 2.05) is 4.90 Å². The molecule has 4 nitrogen and oxygen atoms in total. The van der Waals surface area contributed by atoms with Gasteiger partial charge in [-0.15, -0.1) is 0 Å². The van der Waals surface area contributed by atoms with Crippen LogP contribution in [0.4, 0.5) is 0 Å². The lowest BCUT2D eigenvalue weighted by molar-refractivity contribution is -0.145. The van der Waals surface area contributed by atoms with Gasteiger partial charge in [0.25, 0.3) is 0 Å². The Morgan fingerprint density at radius 1 is 1.56 bits per heavy atom. The van der Waals surface area contributed by atoms with Crippen molar-refractivity contribution in [3.63, 3.8) is 0 Å². The van der Waals surface area contributed by atoms with Crippen LogP contribution in [0.15, 0.2) is 0 Å². The summed E-state index contributed by atoms with van der Waals surface area (Å²) in [6.07, 6.45) is 1.23. The zero-order valence-corrected chi connectivity index (χ0v) is 10.2. The highest BCUT2D eigenvalue weighted by Crippen LogP contribution is 2.20. The molecule has 0 saturated carbocycles. The maximum atomic E-state index is 12.2. The summed E-state index contributed by atoms with van der Waals surface area (Å²) < 4.78 is 5.58. The molecule has 2 aliphatic rings. The Balaban J connectivity index is 1.87. The summed E-state index contributed by atoms with van der Waals surface area (Å²) in [5.74, 6) is 1.01. The number of nitrogens with zero attached hydrogens (tertiary/aromatic N) is 1. The van der Waals surface area contributed by atoms with Crippen molar-refractivity contribution < 1.29 is 9.53 Å². The standard InChI is InChI=1S/C12H22N2O2/c1-3-11-8-14(4-5-16-11)12(15)9(2)10-6-13-7-10/h9-11,13H,3-8H2,1-2H3. The number of hydrogen-bond donors (Lipinski definition) is 1. The van der Waals surface area contributed by atoms with Crippen LogP contribution in [0.5, 0.6) is 0 Å². The summed E-state index contributed by atoms with van der Waals surface area (Å²) in [5.41, 5.74) is 0. The van der Waals surface area contributed by atoms with E-state index in [1.165, 1.54) is 0 Å². The number of hydrogen-bond acceptors (Lipinski definition) is 3. The number of rotatable bonds is 3. The van der Waals surface area contributed by atoms with E-state index in [1.54, 1.807) is 0 Å². The molecular weight excluding hydrogens is 204 g/mol. The lowest BCUT2D eigenvalue weighted by Gasteiger charge is -2.38.